The fraction of sp³-hybridized carbons (Fsp3) is 0.500. The number of benzene rings is 1. The first-order chi connectivity index (χ1) is 9.11. The van der Waals surface area contributed by atoms with E-state index in [0.29, 0.717) is 10.6 Å². The van der Waals surface area contributed by atoms with Crippen LogP contribution in [0.25, 0.3) is 0 Å². The molecule has 1 aliphatic carbocycles. The van der Waals surface area contributed by atoms with Gasteiger partial charge in [0.2, 0.25) is 0 Å². The van der Waals surface area contributed by atoms with Crippen LogP contribution in [0.5, 0.6) is 0 Å². The number of carbonyl (C=O) groups is 1. The van der Waals surface area contributed by atoms with Gasteiger partial charge in [-0.15, -0.1) is 0 Å². The summed E-state index contributed by atoms with van der Waals surface area (Å²) < 4.78 is 0.885. The molecule has 2 atom stereocenters. The Morgan fingerprint density at radius 1 is 1.42 bits per heavy atom. The van der Waals surface area contributed by atoms with Gasteiger partial charge in [-0.2, -0.15) is 0 Å². The second-order valence-corrected chi connectivity index (χ2v) is 6.53. The lowest BCUT2D eigenvalue weighted by Gasteiger charge is -2.31. The molecule has 0 spiro atoms. The fourth-order valence-electron chi connectivity index (χ4n) is 2.53. The van der Waals surface area contributed by atoms with Crippen molar-refractivity contribution in [3.8, 4) is 0 Å². The number of nitrogens with one attached hydrogen (secondary N) is 1. The molecule has 0 saturated heterocycles. The van der Waals surface area contributed by atoms with Crippen LogP contribution in [0.15, 0.2) is 18.2 Å². The van der Waals surface area contributed by atoms with Crippen LogP contribution in [0.2, 0.25) is 5.02 Å². The molecular weight excluding hydrogens is 377 g/mol. The van der Waals surface area contributed by atoms with Gasteiger partial charge in [-0.3, -0.25) is 4.79 Å². The molecule has 0 aliphatic heterocycles. The molecule has 1 fully saturated rings. The molecule has 1 saturated carbocycles. The molecular formula is C14H17ClINO2. The van der Waals surface area contributed by atoms with E-state index in [-0.39, 0.29) is 24.5 Å². The zero-order valence-electron chi connectivity index (χ0n) is 10.5. The van der Waals surface area contributed by atoms with Gasteiger partial charge in [0.05, 0.1) is 5.56 Å². The molecule has 19 heavy (non-hydrogen) atoms. The highest BCUT2D eigenvalue weighted by molar-refractivity contribution is 14.1. The number of carbonyl (C=O) groups excluding carboxylic acids is 1. The number of halogens is 2. The number of hydrogen-bond acceptors (Lipinski definition) is 2. The van der Waals surface area contributed by atoms with Crippen LogP contribution >= 0.6 is 34.2 Å². The molecule has 1 aliphatic rings. The van der Waals surface area contributed by atoms with Crippen molar-refractivity contribution in [2.75, 3.05) is 6.61 Å². The van der Waals surface area contributed by atoms with E-state index in [1.165, 1.54) is 0 Å². The molecule has 2 unspecified atom stereocenters. The molecule has 2 rings (SSSR count). The van der Waals surface area contributed by atoms with Gasteiger partial charge in [0.15, 0.2) is 0 Å². The van der Waals surface area contributed by atoms with Gasteiger partial charge >= 0.3 is 0 Å². The average Bonchev–Trinajstić information content (AvgIpc) is 2.42. The Bertz CT molecular complexity index is 467. The highest BCUT2D eigenvalue weighted by atomic mass is 127. The molecule has 1 amide bonds. The summed E-state index contributed by atoms with van der Waals surface area (Å²) in [5, 5.41) is 13.0. The maximum absolute atomic E-state index is 12.3. The molecule has 1 aromatic carbocycles. The second kappa shape index (κ2) is 6.90. The monoisotopic (exact) mass is 393 g/mol. The van der Waals surface area contributed by atoms with E-state index < -0.39 is 0 Å². The maximum Gasteiger partial charge on any atom is 0.252 e. The Morgan fingerprint density at radius 2 is 2.16 bits per heavy atom. The number of rotatable bonds is 3. The number of aliphatic hydroxyl groups excluding tert-OH is 1. The standard InChI is InChI=1S/C14H17ClINO2/c15-10-5-6-12(16)11(7-10)14(19)17-13-4-2-1-3-9(13)8-18/h5-7,9,13,18H,1-4,8H2,(H,17,19). The predicted octanol–water partition coefficient (Wildman–Crippen LogP) is 3.23. The Kier molecular flexibility index (Phi) is 5.47. The first-order valence-corrected chi connectivity index (χ1v) is 7.94. The summed E-state index contributed by atoms with van der Waals surface area (Å²) in [5.74, 6) is 0.0757. The molecule has 104 valence electrons. The summed E-state index contributed by atoms with van der Waals surface area (Å²) in [6, 6.07) is 5.37. The topological polar surface area (TPSA) is 49.3 Å². The zero-order valence-corrected chi connectivity index (χ0v) is 13.4. The van der Waals surface area contributed by atoms with Crippen LogP contribution < -0.4 is 5.32 Å². The van der Waals surface area contributed by atoms with E-state index in [1.807, 2.05) is 6.07 Å². The largest absolute Gasteiger partial charge is 0.396 e. The van der Waals surface area contributed by atoms with Gasteiger partial charge in [-0.05, 0) is 53.6 Å². The third kappa shape index (κ3) is 3.83. The average molecular weight is 394 g/mol. The van der Waals surface area contributed by atoms with Crippen LogP contribution in [-0.4, -0.2) is 23.7 Å². The second-order valence-electron chi connectivity index (χ2n) is 4.93. The summed E-state index contributed by atoms with van der Waals surface area (Å²) in [6.45, 7) is 0.136. The smallest absolute Gasteiger partial charge is 0.252 e. The van der Waals surface area contributed by atoms with Crippen molar-refractivity contribution in [3.63, 3.8) is 0 Å². The molecule has 0 aromatic heterocycles. The number of hydrogen-bond donors (Lipinski definition) is 2. The zero-order chi connectivity index (χ0) is 13.8. The van der Waals surface area contributed by atoms with Crippen molar-refractivity contribution in [1.82, 2.24) is 5.32 Å². The highest BCUT2D eigenvalue weighted by Gasteiger charge is 2.26. The normalized spacial score (nSPS) is 23.1. The van der Waals surface area contributed by atoms with Gasteiger partial charge in [-0.1, -0.05) is 24.4 Å². The van der Waals surface area contributed by atoms with Crippen LogP contribution in [-0.2, 0) is 0 Å². The van der Waals surface area contributed by atoms with Crippen molar-refractivity contribution >= 4 is 40.1 Å². The predicted molar refractivity (Wildman–Crippen MR) is 84.5 cm³/mol. The van der Waals surface area contributed by atoms with Crippen LogP contribution in [0.3, 0.4) is 0 Å². The van der Waals surface area contributed by atoms with Crippen molar-refractivity contribution in [1.29, 1.82) is 0 Å². The summed E-state index contributed by atoms with van der Waals surface area (Å²) in [5.41, 5.74) is 0.607. The summed E-state index contributed by atoms with van der Waals surface area (Å²) in [6.07, 6.45) is 4.16. The van der Waals surface area contributed by atoms with Crippen LogP contribution in [0.4, 0.5) is 0 Å². The molecule has 0 radical (unpaired) electrons. The Hall–Kier alpha value is -0.330. The van der Waals surface area contributed by atoms with Gasteiger partial charge < -0.3 is 10.4 Å². The lowest BCUT2D eigenvalue weighted by atomic mass is 9.85. The third-order valence-corrected chi connectivity index (χ3v) is 4.81. The maximum atomic E-state index is 12.3. The minimum absolute atomic E-state index is 0.0704. The Morgan fingerprint density at radius 3 is 2.89 bits per heavy atom. The Labute approximate surface area is 131 Å². The lowest BCUT2D eigenvalue weighted by Crippen LogP contribution is -2.43. The first-order valence-electron chi connectivity index (χ1n) is 6.48. The summed E-state index contributed by atoms with van der Waals surface area (Å²) in [4.78, 5) is 12.3. The van der Waals surface area contributed by atoms with E-state index in [4.69, 9.17) is 11.6 Å². The van der Waals surface area contributed by atoms with Gasteiger partial charge in [0.1, 0.15) is 0 Å². The van der Waals surface area contributed by atoms with E-state index in [1.54, 1.807) is 12.1 Å². The SMILES string of the molecule is O=C(NC1CCCCC1CO)c1cc(Cl)ccc1I. The van der Waals surface area contributed by atoms with Gasteiger partial charge in [0, 0.05) is 27.2 Å². The fourth-order valence-corrected chi connectivity index (χ4v) is 3.29. The number of amides is 1. The minimum atomic E-state index is -0.0998. The van der Waals surface area contributed by atoms with Crippen molar-refractivity contribution in [2.24, 2.45) is 5.92 Å². The van der Waals surface area contributed by atoms with E-state index in [0.717, 1.165) is 29.3 Å². The molecule has 0 bridgehead atoms. The van der Waals surface area contributed by atoms with Gasteiger partial charge in [-0.25, -0.2) is 0 Å². The minimum Gasteiger partial charge on any atom is -0.396 e. The van der Waals surface area contributed by atoms with Crippen LogP contribution in [0, 0.1) is 9.49 Å². The molecule has 3 nitrogen and oxygen atoms in total. The van der Waals surface area contributed by atoms with E-state index in [9.17, 15) is 9.90 Å². The van der Waals surface area contributed by atoms with Crippen molar-refractivity contribution in [2.45, 2.75) is 31.7 Å². The van der Waals surface area contributed by atoms with Crippen molar-refractivity contribution < 1.29 is 9.90 Å². The highest BCUT2D eigenvalue weighted by Crippen LogP contribution is 2.25. The molecule has 1 aromatic rings. The van der Waals surface area contributed by atoms with E-state index in [2.05, 4.69) is 27.9 Å². The summed E-state index contributed by atoms with van der Waals surface area (Å²) >= 11 is 8.07. The van der Waals surface area contributed by atoms with E-state index >= 15 is 0 Å². The molecule has 5 heteroatoms. The third-order valence-electron chi connectivity index (χ3n) is 3.63. The molecule has 0 heterocycles. The van der Waals surface area contributed by atoms with Crippen LogP contribution in [0.1, 0.15) is 36.0 Å². The quantitative estimate of drug-likeness (QED) is 0.775. The first kappa shape index (κ1) is 15.1. The number of aliphatic hydroxyl groups is 1. The van der Waals surface area contributed by atoms with Gasteiger partial charge in [0.25, 0.3) is 5.91 Å². The van der Waals surface area contributed by atoms with Crippen molar-refractivity contribution in [3.05, 3.63) is 32.4 Å². The Balaban J connectivity index is 2.09. The lowest BCUT2D eigenvalue weighted by molar-refractivity contribution is 0.0871. The summed E-state index contributed by atoms with van der Waals surface area (Å²) in [7, 11) is 0. The molecule has 2 N–H and O–H groups in total.